The van der Waals surface area contributed by atoms with Crippen molar-refractivity contribution in [2.24, 2.45) is 0 Å². The summed E-state index contributed by atoms with van der Waals surface area (Å²) in [6, 6.07) is 10.9. The Morgan fingerprint density at radius 3 is 2.74 bits per heavy atom. The minimum Gasteiger partial charge on any atom is -0.373 e. The summed E-state index contributed by atoms with van der Waals surface area (Å²) in [7, 11) is 0. The number of benzene rings is 1. The van der Waals surface area contributed by atoms with Crippen molar-refractivity contribution < 1.29 is 13.9 Å². The van der Waals surface area contributed by atoms with Crippen molar-refractivity contribution in [1.29, 1.82) is 0 Å². The molecule has 2 aliphatic rings. The predicted octanol–water partition coefficient (Wildman–Crippen LogP) is 3.88. The van der Waals surface area contributed by atoms with E-state index in [2.05, 4.69) is 21.8 Å². The Labute approximate surface area is 222 Å². The quantitative estimate of drug-likeness (QED) is 0.537. The molecule has 7 nitrogen and oxygen atoms in total. The number of carbonyl (C=O) groups is 1. The number of halogens is 1. The van der Waals surface area contributed by atoms with E-state index in [1.165, 1.54) is 6.42 Å². The fourth-order valence-corrected chi connectivity index (χ4v) is 4.21. The third-order valence-corrected chi connectivity index (χ3v) is 6.36. The summed E-state index contributed by atoms with van der Waals surface area (Å²) >= 11 is 0. The maximum atomic E-state index is 14.2. The largest absolute Gasteiger partial charge is 0.373 e. The molecular formula is C30H34FN5O2. The van der Waals surface area contributed by atoms with Gasteiger partial charge in [0.15, 0.2) is 0 Å². The molecule has 198 valence electrons. The molecule has 4 heterocycles. The van der Waals surface area contributed by atoms with Gasteiger partial charge in [-0.1, -0.05) is 38.6 Å². The first-order chi connectivity index (χ1) is 18.5. The highest BCUT2D eigenvalue weighted by molar-refractivity contribution is 5.94. The summed E-state index contributed by atoms with van der Waals surface area (Å²) in [5, 5.41) is 4.23. The van der Waals surface area contributed by atoms with Crippen LogP contribution in [0.25, 0.3) is 23.5 Å². The number of anilines is 1. The van der Waals surface area contributed by atoms with E-state index >= 15 is 0 Å². The first-order valence-electron chi connectivity index (χ1n) is 13.1. The van der Waals surface area contributed by atoms with Crippen molar-refractivity contribution in [2.45, 2.75) is 40.0 Å². The molecular weight excluding hydrogens is 481 g/mol. The van der Waals surface area contributed by atoms with Gasteiger partial charge in [0.2, 0.25) is 0 Å². The summed E-state index contributed by atoms with van der Waals surface area (Å²) in [4.78, 5) is 29.0. The molecule has 1 unspecified atom stereocenters. The highest BCUT2D eigenvalue weighted by Gasteiger charge is 2.21. The zero-order valence-corrected chi connectivity index (χ0v) is 22.2. The van der Waals surface area contributed by atoms with Gasteiger partial charge in [0.25, 0.3) is 5.91 Å². The van der Waals surface area contributed by atoms with Gasteiger partial charge in [-0.15, -0.1) is 0 Å². The van der Waals surface area contributed by atoms with Crippen LogP contribution >= 0.6 is 0 Å². The normalized spacial score (nSPS) is 17.2. The average Bonchev–Trinajstić information content (AvgIpc) is 2.92. The topological polar surface area (TPSA) is 80.2 Å². The summed E-state index contributed by atoms with van der Waals surface area (Å²) in [6.07, 6.45) is 5.37. The number of pyridine rings is 1. The van der Waals surface area contributed by atoms with Crippen molar-refractivity contribution in [2.75, 3.05) is 31.1 Å². The Morgan fingerprint density at radius 1 is 1.18 bits per heavy atom. The van der Waals surface area contributed by atoms with Crippen LogP contribution in [0.1, 0.15) is 54.8 Å². The first kappa shape index (κ1) is 27.1. The van der Waals surface area contributed by atoms with E-state index in [1.807, 2.05) is 51.1 Å². The number of ether oxygens (including phenoxy) is 1. The predicted molar refractivity (Wildman–Crippen MR) is 149 cm³/mol. The van der Waals surface area contributed by atoms with Crippen LogP contribution in [0.3, 0.4) is 0 Å². The van der Waals surface area contributed by atoms with Gasteiger partial charge in [-0.3, -0.25) is 9.78 Å². The lowest BCUT2D eigenvalue weighted by atomic mass is 9.99. The molecule has 5 rings (SSSR count). The van der Waals surface area contributed by atoms with E-state index in [0.717, 1.165) is 35.5 Å². The summed E-state index contributed by atoms with van der Waals surface area (Å²) in [6.45, 7) is 12.6. The number of carbonyl (C=O) groups excluding carboxylic acids is 1. The smallest absolute Gasteiger partial charge is 0.251 e. The van der Waals surface area contributed by atoms with Crippen molar-refractivity contribution >= 4 is 23.9 Å². The zero-order chi connectivity index (χ0) is 27.1. The van der Waals surface area contributed by atoms with Crippen molar-refractivity contribution in [3.8, 4) is 11.4 Å². The third-order valence-electron chi connectivity index (χ3n) is 6.36. The molecule has 0 bridgehead atoms. The molecule has 2 aromatic heterocycles. The van der Waals surface area contributed by atoms with Crippen molar-refractivity contribution in [1.82, 2.24) is 20.3 Å². The maximum absolute atomic E-state index is 14.2. The van der Waals surface area contributed by atoms with E-state index in [9.17, 15) is 9.18 Å². The fraction of sp³-hybridized carbons (Fsp3) is 0.333. The Bertz CT molecular complexity index is 1430. The number of fused-ring (bicyclic) bond motifs is 1. The molecule has 38 heavy (non-hydrogen) atoms. The molecule has 0 saturated carbocycles. The Kier molecular flexibility index (Phi) is 8.97. The number of nitrogens with zero attached hydrogens (tertiary/aromatic N) is 4. The lowest BCUT2D eigenvalue weighted by Gasteiger charge is -2.32. The first-order valence-corrected chi connectivity index (χ1v) is 13.1. The fourth-order valence-electron chi connectivity index (χ4n) is 4.21. The van der Waals surface area contributed by atoms with E-state index in [0.29, 0.717) is 34.3 Å². The van der Waals surface area contributed by atoms with Crippen LogP contribution in [-0.2, 0) is 11.3 Å². The van der Waals surface area contributed by atoms with Gasteiger partial charge in [-0.2, -0.15) is 0 Å². The molecule has 1 fully saturated rings. The number of hydrogen-bond acceptors (Lipinski definition) is 6. The molecule has 1 saturated heterocycles. The van der Waals surface area contributed by atoms with Crippen LogP contribution in [0, 0.1) is 0 Å². The lowest BCUT2D eigenvalue weighted by Crippen LogP contribution is -2.37. The van der Waals surface area contributed by atoms with Gasteiger partial charge < -0.3 is 15.0 Å². The molecule has 0 spiro atoms. The molecule has 1 atom stereocenters. The second-order valence-corrected chi connectivity index (χ2v) is 8.92. The second-order valence-electron chi connectivity index (χ2n) is 8.92. The number of amides is 1. The molecule has 0 aliphatic carbocycles. The van der Waals surface area contributed by atoms with E-state index in [-0.39, 0.29) is 19.1 Å². The Morgan fingerprint density at radius 2 is 2.00 bits per heavy atom. The van der Waals surface area contributed by atoms with Gasteiger partial charge in [-0.25, -0.2) is 14.4 Å². The minimum absolute atomic E-state index is 0.0127. The minimum atomic E-state index is -1.22. The van der Waals surface area contributed by atoms with Gasteiger partial charge in [0.05, 0.1) is 35.8 Å². The summed E-state index contributed by atoms with van der Waals surface area (Å²) in [5.41, 5.74) is 3.78. The summed E-state index contributed by atoms with van der Waals surface area (Å²) in [5.74, 6) is 0.651. The number of nitrogens with one attached hydrogen (secondary N) is 1. The average molecular weight is 516 g/mol. The monoisotopic (exact) mass is 515 g/mol. The number of alkyl halides is 1. The lowest BCUT2D eigenvalue weighted by molar-refractivity contribution is 0.0512. The van der Waals surface area contributed by atoms with Crippen molar-refractivity contribution in [3.63, 3.8) is 0 Å². The van der Waals surface area contributed by atoms with Crippen LogP contribution in [0.15, 0.2) is 54.7 Å². The van der Waals surface area contributed by atoms with Crippen molar-refractivity contribution in [3.05, 3.63) is 82.1 Å². The molecule has 1 amide bonds. The van der Waals surface area contributed by atoms with Crippen LogP contribution in [0.2, 0.25) is 0 Å². The van der Waals surface area contributed by atoms with Crippen LogP contribution in [0.4, 0.5) is 10.2 Å². The second kappa shape index (κ2) is 12.6. The van der Waals surface area contributed by atoms with E-state index in [1.54, 1.807) is 24.4 Å². The zero-order valence-electron chi connectivity index (χ0n) is 22.2. The molecule has 3 aromatic rings. The van der Waals surface area contributed by atoms with E-state index in [4.69, 9.17) is 14.7 Å². The number of rotatable bonds is 6. The molecule has 1 aromatic carbocycles. The highest BCUT2D eigenvalue weighted by atomic mass is 19.1. The Balaban J connectivity index is 0.00000164. The van der Waals surface area contributed by atoms with Gasteiger partial charge in [-0.05, 0) is 60.4 Å². The van der Waals surface area contributed by atoms with Crippen LogP contribution < -0.4 is 20.9 Å². The van der Waals surface area contributed by atoms with Crippen LogP contribution in [-0.4, -0.2) is 47.1 Å². The molecule has 8 heteroatoms. The maximum Gasteiger partial charge on any atom is 0.251 e. The number of hydrogen-bond donors (Lipinski definition) is 1. The molecule has 1 N–H and O–H groups in total. The molecule has 0 radical (unpaired) electrons. The number of aromatic nitrogens is 3. The SMILES string of the molecule is C=C(/C=c1/nc(-c2cccc(N3CCC3)n2)cn/c1=C/C)CNC(=O)c1ccc2c(c1)C(F)COC2.CC. The van der Waals surface area contributed by atoms with Gasteiger partial charge in [0, 0.05) is 25.2 Å². The van der Waals surface area contributed by atoms with Gasteiger partial charge >= 0.3 is 0 Å². The standard InChI is InChI=1S/C28H28FN5O2.C2H6/c1-3-23-25(32-26(15-30-23)24-6-4-7-27(33-24)34-10-5-11-34)12-18(2)14-31-28(35)19-8-9-20-16-36-17-22(29)21(20)13-19;1-2/h3-4,6-9,12-13,15,22H,2,5,10-11,14,16-17H2,1H3,(H,31,35);1-2H3/b23-3+,25-12+;. The third kappa shape index (κ3) is 6.14. The van der Waals surface area contributed by atoms with Crippen LogP contribution in [0.5, 0.6) is 0 Å². The Hall–Kier alpha value is -3.91. The highest BCUT2D eigenvalue weighted by Crippen LogP contribution is 2.28. The summed E-state index contributed by atoms with van der Waals surface area (Å²) < 4.78 is 19.4. The van der Waals surface area contributed by atoms with E-state index < -0.39 is 6.17 Å². The molecule has 2 aliphatic heterocycles. The van der Waals surface area contributed by atoms with Gasteiger partial charge in [0.1, 0.15) is 17.7 Å².